The van der Waals surface area contributed by atoms with Gasteiger partial charge in [-0.3, -0.25) is 4.84 Å². The fourth-order valence-electron chi connectivity index (χ4n) is 4.67. The summed E-state index contributed by atoms with van der Waals surface area (Å²) in [6.45, 7) is 0.252. The smallest absolute Gasteiger partial charge is 0.352 e. The number of carboxylic acids is 1. The fraction of sp³-hybridized carbons (Fsp3) is 0.333. The minimum absolute atomic E-state index is 0.0765. The topological polar surface area (TPSA) is 84.2 Å². The number of benzene rings is 2. The number of carbonyl (C=O) groups is 1. The van der Waals surface area contributed by atoms with Crippen molar-refractivity contribution < 1.29 is 28.6 Å². The molecule has 2 aromatic carbocycles. The van der Waals surface area contributed by atoms with Crippen molar-refractivity contribution in [1.82, 2.24) is 10.0 Å². The predicted octanol–water partition coefficient (Wildman–Crippen LogP) is 5.87. The normalized spacial score (nSPS) is 20.7. The molecule has 2 heterocycles. The van der Waals surface area contributed by atoms with Gasteiger partial charge >= 0.3 is 5.97 Å². The molecule has 8 heteroatoms. The monoisotopic (exact) mass is 478 g/mol. The van der Waals surface area contributed by atoms with Crippen LogP contribution in [0.5, 0.6) is 17.4 Å². The Bertz CT molecular complexity index is 1150. The number of rotatable bonds is 9. The van der Waals surface area contributed by atoms with E-state index in [9.17, 15) is 14.3 Å². The number of nitrogens with zero attached hydrogens (tertiary/aromatic N) is 2. The van der Waals surface area contributed by atoms with Gasteiger partial charge in [-0.25, -0.2) is 14.2 Å². The zero-order chi connectivity index (χ0) is 24.2. The third-order valence-electron chi connectivity index (χ3n) is 6.41. The highest BCUT2D eigenvalue weighted by atomic mass is 19.1. The van der Waals surface area contributed by atoms with Gasteiger partial charge in [-0.1, -0.05) is 37.5 Å². The Hall–Kier alpha value is -3.49. The molecule has 0 spiro atoms. The maximum Gasteiger partial charge on any atom is 0.352 e. The van der Waals surface area contributed by atoms with Gasteiger partial charge in [0.05, 0.1) is 11.7 Å². The molecule has 1 aliphatic carbocycles. The molecular formula is C27H27FN2O5. The molecule has 5 rings (SSSR count). The molecule has 1 saturated heterocycles. The van der Waals surface area contributed by atoms with Crippen LogP contribution in [-0.2, 0) is 16.2 Å². The van der Waals surface area contributed by atoms with Crippen molar-refractivity contribution >= 4 is 5.97 Å². The molecule has 182 valence electrons. The molecule has 3 unspecified atom stereocenters. The maximum atomic E-state index is 13.1. The lowest BCUT2D eigenvalue weighted by Crippen LogP contribution is -2.25. The third-order valence-corrected chi connectivity index (χ3v) is 6.41. The van der Waals surface area contributed by atoms with Crippen LogP contribution in [0.25, 0.3) is 0 Å². The number of carboxylic acid groups (broad SMARTS) is 1. The number of ether oxygens (including phenoxy) is 2. The Morgan fingerprint density at radius 3 is 2.43 bits per heavy atom. The standard InChI is InChI=1S/C27H27FN2O5/c28-20-11-15-23(16-12-20)34-24-8-4-7-21(29-24)17-33-22-13-9-19(10-14-22)25(18-5-2-1-3-6-18)30-26(35-30)27(31)32/h4,7-16,18,25-26H,1-3,5-6,17H2,(H,31,32). The van der Waals surface area contributed by atoms with Gasteiger partial charge < -0.3 is 14.6 Å². The van der Waals surface area contributed by atoms with Crippen LogP contribution >= 0.6 is 0 Å². The van der Waals surface area contributed by atoms with E-state index in [1.165, 1.54) is 18.6 Å². The van der Waals surface area contributed by atoms with Gasteiger partial charge in [0.1, 0.15) is 23.9 Å². The molecule has 0 radical (unpaired) electrons. The van der Waals surface area contributed by atoms with E-state index in [-0.39, 0.29) is 18.5 Å². The molecule has 1 aliphatic heterocycles. The van der Waals surface area contributed by atoms with Crippen LogP contribution in [0.4, 0.5) is 4.39 Å². The lowest BCUT2D eigenvalue weighted by atomic mass is 9.81. The fourth-order valence-corrected chi connectivity index (χ4v) is 4.67. The van der Waals surface area contributed by atoms with Crippen LogP contribution in [-0.4, -0.2) is 27.4 Å². The summed E-state index contributed by atoms with van der Waals surface area (Å²) in [5, 5.41) is 11.0. The summed E-state index contributed by atoms with van der Waals surface area (Å²) in [4.78, 5) is 21.2. The number of aromatic nitrogens is 1. The Morgan fingerprint density at radius 1 is 1.03 bits per heavy atom. The Morgan fingerprint density at radius 2 is 1.74 bits per heavy atom. The van der Waals surface area contributed by atoms with E-state index in [0.29, 0.717) is 29.0 Å². The summed E-state index contributed by atoms with van der Waals surface area (Å²) < 4.78 is 24.7. The summed E-state index contributed by atoms with van der Waals surface area (Å²) in [5.41, 5.74) is 1.72. The molecule has 1 N–H and O–H groups in total. The predicted molar refractivity (Wildman–Crippen MR) is 125 cm³/mol. The van der Waals surface area contributed by atoms with Crippen LogP contribution in [0.3, 0.4) is 0 Å². The number of hydroxylamine groups is 2. The van der Waals surface area contributed by atoms with E-state index in [1.54, 1.807) is 23.3 Å². The van der Waals surface area contributed by atoms with E-state index in [4.69, 9.17) is 14.3 Å². The highest BCUT2D eigenvalue weighted by Crippen LogP contribution is 2.44. The number of aliphatic carboxylic acids is 1. The number of hydrogen-bond acceptors (Lipinski definition) is 6. The van der Waals surface area contributed by atoms with Gasteiger partial charge in [-0.2, -0.15) is 0 Å². The maximum absolute atomic E-state index is 13.1. The van der Waals surface area contributed by atoms with Crippen molar-refractivity contribution in [3.8, 4) is 17.4 Å². The van der Waals surface area contributed by atoms with E-state index in [1.807, 2.05) is 36.4 Å². The first-order chi connectivity index (χ1) is 17.1. The minimum Gasteiger partial charge on any atom is -0.487 e. The largest absolute Gasteiger partial charge is 0.487 e. The molecule has 35 heavy (non-hydrogen) atoms. The molecule has 2 aliphatic rings. The SMILES string of the molecule is O=C(O)C1ON1C(c1ccc(OCc2cccc(Oc3ccc(F)cc3)n2)cc1)C1CCCCC1. The lowest BCUT2D eigenvalue weighted by Gasteiger charge is -2.30. The second-order valence-corrected chi connectivity index (χ2v) is 8.88. The van der Waals surface area contributed by atoms with Crippen LogP contribution in [0.2, 0.25) is 0 Å². The van der Waals surface area contributed by atoms with Gasteiger partial charge in [0, 0.05) is 6.07 Å². The van der Waals surface area contributed by atoms with Crippen LogP contribution in [0.15, 0.2) is 66.7 Å². The first-order valence-corrected chi connectivity index (χ1v) is 11.9. The molecule has 3 atom stereocenters. The van der Waals surface area contributed by atoms with Gasteiger partial charge in [0.25, 0.3) is 6.23 Å². The molecule has 3 aromatic rings. The summed E-state index contributed by atoms with van der Waals surface area (Å²) in [7, 11) is 0. The van der Waals surface area contributed by atoms with Crippen molar-refractivity contribution in [3.05, 3.63) is 83.8 Å². The van der Waals surface area contributed by atoms with Gasteiger partial charge in [-0.05, 0) is 66.8 Å². The molecule has 0 amide bonds. The van der Waals surface area contributed by atoms with Crippen molar-refractivity contribution in [1.29, 1.82) is 0 Å². The summed E-state index contributed by atoms with van der Waals surface area (Å²) in [6, 6.07) is 18.8. The first-order valence-electron chi connectivity index (χ1n) is 11.9. The lowest BCUT2D eigenvalue weighted by molar-refractivity contribution is -0.138. The highest BCUT2D eigenvalue weighted by Gasteiger charge is 2.50. The van der Waals surface area contributed by atoms with Crippen molar-refractivity contribution in [3.63, 3.8) is 0 Å². The zero-order valence-corrected chi connectivity index (χ0v) is 19.2. The van der Waals surface area contributed by atoms with Gasteiger partial charge in [0.15, 0.2) is 0 Å². The Kier molecular flexibility index (Phi) is 6.92. The third kappa shape index (κ3) is 5.78. The molecule has 1 aromatic heterocycles. The summed E-state index contributed by atoms with van der Waals surface area (Å²) in [6.07, 6.45) is 4.81. The van der Waals surface area contributed by atoms with E-state index < -0.39 is 12.2 Å². The highest BCUT2D eigenvalue weighted by molar-refractivity contribution is 5.73. The van der Waals surface area contributed by atoms with E-state index >= 15 is 0 Å². The van der Waals surface area contributed by atoms with Crippen LogP contribution in [0.1, 0.15) is 49.4 Å². The quantitative estimate of drug-likeness (QED) is 0.385. The molecule has 7 nitrogen and oxygen atoms in total. The van der Waals surface area contributed by atoms with E-state index in [0.717, 1.165) is 31.2 Å². The number of pyridine rings is 1. The van der Waals surface area contributed by atoms with Gasteiger partial charge in [0.2, 0.25) is 5.88 Å². The zero-order valence-electron chi connectivity index (χ0n) is 19.2. The number of hydrogen-bond donors (Lipinski definition) is 1. The van der Waals surface area contributed by atoms with Crippen molar-refractivity contribution in [2.45, 2.75) is 51.0 Å². The molecule has 0 bridgehead atoms. The molecular weight excluding hydrogens is 451 g/mol. The molecule has 1 saturated carbocycles. The first kappa shape index (κ1) is 23.3. The Labute approximate surface area is 203 Å². The second kappa shape index (κ2) is 10.4. The van der Waals surface area contributed by atoms with Crippen LogP contribution < -0.4 is 9.47 Å². The average Bonchev–Trinajstić information content (AvgIpc) is 3.67. The summed E-state index contributed by atoms with van der Waals surface area (Å²) >= 11 is 0. The summed E-state index contributed by atoms with van der Waals surface area (Å²) in [5.74, 6) is 0.670. The minimum atomic E-state index is -0.955. The van der Waals surface area contributed by atoms with Gasteiger partial charge in [-0.15, -0.1) is 5.06 Å². The van der Waals surface area contributed by atoms with Crippen LogP contribution in [0, 0.1) is 11.7 Å². The number of halogens is 1. The molecule has 2 fully saturated rings. The van der Waals surface area contributed by atoms with E-state index in [2.05, 4.69) is 4.98 Å². The van der Waals surface area contributed by atoms with Crippen molar-refractivity contribution in [2.75, 3.05) is 0 Å². The van der Waals surface area contributed by atoms with Crippen molar-refractivity contribution in [2.24, 2.45) is 5.92 Å². The average molecular weight is 479 g/mol. The second-order valence-electron chi connectivity index (χ2n) is 8.88. The Balaban J connectivity index is 1.22.